The van der Waals surface area contributed by atoms with Crippen molar-refractivity contribution >= 4 is 23.3 Å². The van der Waals surface area contributed by atoms with Crippen molar-refractivity contribution in [3.63, 3.8) is 0 Å². The number of pyridine rings is 1. The Balaban J connectivity index is 1.84. The number of rotatable bonds is 10. The molecule has 1 amide bonds. The fourth-order valence-corrected chi connectivity index (χ4v) is 3.45. The Morgan fingerprint density at radius 1 is 1.03 bits per heavy atom. The van der Waals surface area contributed by atoms with Crippen LogP contribution in [0, 0.1) is 0 Å². The van der Waals surface area contributed by atoms with Gasteiger partial charge in [-0.15, -0.1) is 0 Å². The molecule has 1 aromatic heterocycles. The van der Waals surface area contributed by atoms with Gasteiger partial charge in [-0.3, -0.25) is 14.6 Å². The van der Waals surface area contributed by atoms with E-state index in [1.807, 2.05) is 0 Å². The molecule has 3 rings (SSSR count). The van der Waals surface area contributed by atoms with Crippen molar-refractivity contribution in [2.75, 3.05) is 32.7 Å². The molecule has 8 nitrogen and oxygen atoms in total. The first-order chi connectivity index (χ1) is 18.2. The number of amides is 1. The van der Waals surface area contributed by atoms with Crippen LogP contribution in [0.25, 0.3) is 0 Å². The number of hydrogen-bond donors (Lipinski definition) is 1. The summed E-state index contributed by atoms with van der Waals surface area (Å²) in [5.41, 5.74) is 0.704. The largest absolute Gasteiger partial charge is 0.493 e. The van der Waals surface area contributed by atoms with Gasteiger partial charge >= 0.3 is 12.1 Å². The summed E-state index contributed by atoms with van der Waals surface area (Å²) in [6.45, 7) is 2.28. The Morgan fingerprint density at radius 3 is 2.39 bits per heavy atom. The number of anilines is 1. The van der Waals surface area contributed by atoms with Gasteiger partial charge in [0.05, 0.1) is 31.4 Å². The Kier molecular flexibility index (Phi) is 9.55. The first-order valence-corrected chi connectivity index (χ1v) is 11.5. The number of aromatic nitrogens is 1. The van der Waals surface area contributed by atoms with Gasteiger partial charge in [0.15, 0.2) is 11.4 Å². The summed E-state index contributed by atoms with van der Waals surface area (Å²) < 4.78 is 55.0. The number of esters is 1. The highest BCUT2D eigenvalue weighted by Crippen LogP contribution is 2.31. The molecule has 0 spiro atoms. The number of ether oxygens (including phenoxy) is 3. The fourth-order valence-electron chi connectivity index (χ4n) is 3.45. The molecule has 0 radical (unpaired) electrons. The molecule has 1 heterocycles. The normalized spacial score (nSPS) is 11.7. The number of aliphatic imine (C=N–C) groups is 1. The highest BCUT2D eigenvalue weighted by Gasteiger charge is 2.30. The molecule has 0 unspecified atom stereocenters. The number of hydrogen-bond acceptors (Lipinski definition) is 7. The molecule has 200 valence electrons. The predicted molar refractivity (Wildman–Crippen MR) is 135 cm³/mol. The molecule has 0 bridgehead atoms. The summed E-state index contributed by atoms with van der Waals surface area (Å²) in [6, 6.07) is 12.8. The molecule has 0 saturated carbocycles. The summed E-state index contributed by atoms with van der Waals surface area (Å²) in [6.07, 6.45) is -3.18. The number of alkyl halides is 3. The number of nitrogens with zero attached hydrogens (tertiary/aromatic N) is 2. The van der Waals surface area contributed by atoms with Crippen LogP contribution in [0.4, 0.5) is 18.9 Å². The Morgan fingerprint density at radius 2 is 1.76 bits per heavy atom. The number of nitrogens with one attached hydrogen (secondary N) is 1. The van der Waals surface area contributed by atoms with Crippen molar-refractivity contribution < 1.29 is 37.0 Å². The van der Waals surface area contributed by atoms with Crippen molar-refractivity contribution in [1.82, 2.24) is 4.98 Å². The molecule has 0 aliphatic carbocycles. The number of methoxy groups -OCH3 is 2. The van der Waals surface area contributed by atoms with E-state index in [4.69, 9.17) is 14.2 Å². The van der Waals surface area contributed by atoms with Crippen LogP contribution in [-0.4, -0.2) is 49.9 Å². The van der Waals surface area contributed by atoms with E-state index in [1.54, 1.807) is 37.3 Å². The van der Waals surface area contributed by atoms with Gasteiger partial charge in [-0.2, -0.15) is 13.2 Å². The van der Waals surface area contributed by atoms with Gasteiger partial charge in [0.1, 0.15) is 0 Å². The van der Waals surface area contributed by atoms with Gasteiger partial charge < -0.3 is 19.5 Å². The third kappa shape index (κ3) is 7.16. The van der Waals surface area contributed by atoms with E-state index in [-0.39, 0.29) is 30.2 Å². The molecule has 11 heteroatoms. The standard InChI is InChI=1S/C27H26F3N3O5/c1-4-31-23(18-6-5-7-19(16-18)27(28,29)30)17-8-10-20(11-9-17)33-26(35)24-25(21(37-3)12-14-32-24)38-22(34)13-15-36-2/h5-12,14,16H,4,13,15H2,1-3H3,(H,33,35). The summed E-state index contributed by atoms with van der Waals surface area (Å²) in [7, 11) is 2.81. The SMILES string of the molecule is CCN=C(c1ccc(NC(=O)c2nccc(OC)c2OC(=O)CCOC)cc1)c1cccc(C(F)(F)F)c1. The maximum atomic E-state index is 13.2. The van der Waals surface area contributed by atoms with Gasteiger partial charge in [0, 0.05) is 42.7 Å². The molecular weight excluding hydrogens is 503 g/mol. The zero-order valence-corrected chi connectivity index (χ0v) is 21.0. The zero-order valence-electron chi connectivity index (χ0n) is 21.0. The molecule has 0 saturated heterocycles. The summed E-state index contributed by atoms with van der Waals surface area (Å²) in [4.78, 5) is 33.6. The van der Waals surface area contributed by atoms with Crippen molar-refractivity contribution in [3.8, 4) is 11.5 Å². The fraction of sp³-hybridized carbons (Fsp3) is 0.259. The van der Waals surface area contributed by atoms with E-state index < -0.39 is 23.6 Å². The van der Waals surface area contributed by atoms with E-state index in [1.165, 1.54) is 32.5 Å². The molecule has 0 atom stereocenters. The van der Waals surface area contributed by atoms with Crippen LogP contribution in [0.1, 0.15) is 40.5 Å². The minimum atomic E-state index is -4.48. The molecular formula is C27H26F3N3O5. The monoisotopic (exact) mass is 529 g/mol. The second-order valence-electron chi connectivity index (χ2n) is 7.84. The van der Waals surface area contributed by atoms with Crippen molar-refractivity contribution in [1.29, 1.82) is 0 Å². The van der Waals surface area contributed by atoms with Crippen LogP contribution in [0.3, 0.4) is 0 Å². The van der Waals surface area contributed by atoms with Crippen LogP contribution in [0.2, 0.25) is 0 Å². The molecule has 0 aliphatic heterocycles. The minimum Gasteiger partial charge on any atom is -0.493 e. The smallest absolute Gasteiger partial charge is 0.416 e. The molecule has 0 aliphatic rings. The average Bonchev–Trinajstić information content (AvgIpc) is 2.90. The highest BCUT2D eigenvalue weighted by molar-refractivity contribution is 6.13. The summed E-state index contributed by atoms with van der Waals surface area (Å²) in [5.74, 6) is -1.28. The molecule has 3 aromatic rings. The van der Waals surface area contributed by atoms with Crippen LogP contribution in [0.15, 0.2) is 65.8 Å². The minimum absolute atomic E-state index is 0.0371. The first-order valence-electron chi connectivity index (χ1n) is 11.5. The quantitative estimate of drug-likeness (QED) is 0.288. The molecule has 0 fully saturated rings. The van der Waals surface area contributed by atoms with Gasteiger partial charge in [-0.1, -0.05) is 24.3 Å². The van der Waals surface area contributed by atoms with E-state index in [2.05, 4.69) is 15.3 Å². The number of benzene rings is 2. The second-order valence-corrected chi connectivity index (χ2v) is 7.84. The lowest BCUT2D eigenvalue weighted by molar-refractivity contribution is -0.137. The Bertz CT molecular complexity index is 1310. The predicted octanol–water partition coefficient (Wildman–Crippen LogP) is 5.16. The van der Waals surface area contributed by atoms with Crippen molar-refractivity contribution in [2.45, 2.75) is 19.5 Å². The maximum absolute atomic E-state index is 13.2. The molecule has 1 N–H and O–H groups in total. The van der Waals surface area contributed by atoms with Crippen molar-refractivity contribution in [2.24, 2.45) is 4.99 Å². The molecule has 38 heavy (non-hydrogen) atoms. The van der Waals surface area contributed by atoms with Gasteiger partial charge in [-0.25, -0.2) is 4.98 Å². The summed E-state index contributed by atoms with van der Waals surface area (Å²) in [5, 5.41) is 2.67. The van der Waals surface area contributed by atoms with E-state index in [0.717, 1.165) is 12.1 Å². The van der Waals surface area contributed by atoms with Gasteiger partial charge in [0.2, 0.25) is 5.75 Å². The number of halogens is 3. The van der Waals surface area contributed by atoms with Crippen LogP contribution >= 0.6 is 0 Å². The third-order valence-corrected chi connectivity index (χ3v) is 5.23. The lowest BCUT2D eigenvalue weighted by Crippen LogP contribution is -2.19. The first kappa shape index (κ1) is 28.3. The third-order valence-electron chi connectivity index (χ3n) is 5.23. The van der Waals surface area contributed by atoms with E-state index in [9.17, 15) is 22.8 Å². The maximum Gasteiger partial charge on any atom is 0.416 e. The number of carbonyl (C=O) groups excluding carboxylic acids is 2. The lowest BCUT2D eigenvalue weighted by Gasteiger charge is -2.14. The van der Waals surface area contributed by atoms with Crippen LogP contribution in [-0.2, 0) is 15.7 Å². The second kappa shape index (κ2) is 12.8. The summed E-state index contributed by atoms with van der Waals surface area (Å²) >= 11 is 0. The Hall–Kier alpha value is -4.25. The topological polar surface area (TPSA) is 99.1 Å². The van der Waals surface area contributed by atoms with Crippen LogP contribution < -0.4 is 14.8 Å². The van der Waals surface area contributed by atoms with Crippen molar-refractivity contribution in [3.05, 3.63) is 83.2 Å². The Labute approximate surface area is 217 Å². The highest BCUT2D eigenvalue weighted by atomic mass is 19.4. The van der Waals surface area contributed by atoms with E-state index >= 15 is 0 Å². The molecule has 2 aromatic carbocycles. The lowest BCUT2D eigenvalue weighted by atomic mass is 9.99. The van der Waals surface area contributed by atoms with Crippen LogP contribution in [0.5, 0.6) is 11.5 Å². The average molecular weight is 530 g/mol. The van der Waals surface area contributed by atoms with E-state index in [0.29, 0.717) is 29.1 Å². The number of carbonyl (C=O) groups is 2. The zero-order chi connectivity index (χ0) is 27.7. The van der Waals surface area contributed by atoms with Gasteiger partial charge in [0.25, 0.3) is 5.91 Å². The van der Waals surface area contributed by atoms with Gasteiger partial charge in [-0.05, 0) is 31.2 Å².